The van der Waals surface area contributed by atoms with Gasteiger partial charge in [0.1, 0.15) is 0 Å². The molecule has 1 amide bonds. The minimum atomic E-state index is -0.950. The highest BCUT2D eigenvalue weighted by atomic mass is 35.5. The van der Waals surface area contributed by atoms with Gasteiger partial charge in [0, 0.05) is 36.1 Å². The molecule has 36 heavy (non-hydrogen) atoms. The van der Waals surface area contributed by atoms with Crippen LogP contribution in [-0.2, 0) is 17.9 Å². The van der Waals surface area contributed by atoms with Crippen LogP contribution in [0.25, 0.3) is 11.3 Å². The molecule has 1 heterocycles. The number of carboxylic acids is 1. The van der Waals surface area contributed by atoms with Gasteiger partial charge in [-0.15, -0.1) is 11.3 Å². The molecule has 0 saturated carbocycles. The van der Waals surface area contributed by atoms with Crippen molar-refractivity contribution in [1.82, 2.24) is 10.3 Å². The van der Waals surface area contributed by atoms with Gasteiger partial charge in [0.05, 0.1) is 22.2 Å². The van der Waals surface area contributed by atoms with E-state index in [4.69, 9.17) is 33.3 Å². The summed E-state index contributed by atoms with van der Waals surface area (Å²) in [5.74, 6) is -1.25. The summed E-state index contributed by atoms with van der Waals surface area (Å²) in [5.41, 5.74) is 4.36. The average Bonchev–Trinajstić information content (AvgIpc) is 3.36. The zero-order valence-corrected chi connectivity index (χ0v) is 21.5. The average molecular weight is 540 g/mol. The third-order valence-corrected chi connectivity index (χ3v) is 7.05. The zero-order valence-electron chi connectivity index (χ0n) is 19.2. The summed E-state index contributed by atoms with van der Waals surface area (Å²) in [6.45, 7) is 1.34. The molecule has 184 valence electrons. The lowest BCUT2D eigenvalue weighted by Gasteiger charge is -2.22. The van der Waals surface area contributed by atoms with Crippen molar-refractivity contribution in [3.63, 3.8) is 0 Å². The highest BCUT2D eigenvalue weighted by Gasteiger charge is 2.15. The van der Waals surface area contributed by atoms with E-state index in [-0.39, 0.29) is 18.9 Å². The molecular formula is C27H23Cl2N3O3S. The van der Waals surface area contributed by atoms with Crippen LogP contribution in [0, 0.1) is 0 Å². The molecule has 4 aromatic rings. The van der Waals surface area contributed by atoms with E-state index in [0.717, 1.165) is 27.5 Å². The number of hydrogen-bond acceptors (Lipinski definition) is 5. The van der Waals surface area contributed by atoms with E-state index in [9.17, 15) is 9.59 Å². The number of thiazole rings is 1. The predicted molar refractivity (Wildman–Crippen MR) is 145 cm³/mol. The first-order chi connectivity index (χ1) is 17.4. The smallest absolute Gasteiger partial charge is 0.305 e. The Morgan fingerprint density at radius 3 is 2.28 bits per heavy atom. The van der Waals surface area contributed by atoms with Gasteiger partial charge < -0.3 is 15.3 Å². The van der Waals surface area contributed by atoms with Crippen molar-refractivity contribution in [1.29, 1.82) is 0 Å². The van der Waals surface area contributed by atoms with Crippen molar-refractivity contribution in [2.75, 3.05) is 11.4 Å². The molecule has 1 aromatic heterocycles. The Morgan fingerprint density at radius 1 is 0.917 bits per heavy atom. The molecule has 0 aliphatic rings. The van der Waals surface area contributed by atoms with Gasteiger partial charge in [0.25, 0.3) is 5.91 Å². The van der Waals surface area contributed by atoms with E-state index < -0.39 is 5.97 Å². The van der Waals surface area contributed by atoms with Crippen LogP contribution in [0.4, 0.5) is 5.13 Å². The Labute approximate surface area is 223 Å². The Morgan fingerprint density at radius 2 is 1.61 bits per heavy atom. The predicted octanol–water partition coefficient (Wildman–Crippen LogP) is 6.53. The molecule has 4 rings (SSSR count). The fourth-order valence-electron chi connectivity index (χ4n) is 3.56. The summed E-state index contributed by atoms with van der Waals surface area (Å²) in [5, 5.41) is 15.2. The van der Waals surface area contributed by atoms with E-state index in [1.807, 2.05) is 47.8 Å². The van der Waals surface area contributed by atoms with Gasteiger partial charge in [-0.05, 0) is 35.4 Å². The molecule has 0 atom stereocenters. The molecular weight excluding hydrogens is 517 g/mol. The minimum Gasteiger partial charge on any atom is -0.481 e. The summed E-state index contributed by atoms with van der Waals surface area (Å²) >= 11 is 13.8. The third-order valence-electron chi connectivity index (χ3n) is 5.41. The zero-order chi connectivity index (χ0) is 25.5. The molecule has 0 aliphatic carbocycles. The van der Waals surface area contributed by atoms with Crippen molar-refractivity contribution in [3.8, 4) is 11.3 Å². The number of carboxylic acid groups (broad SMARTS) is 1. The third kappa shape index (κ3) is 6.85. The molecule has 0 unspecified atom stereocenters. The molecule has 0 bridgehead atoms. The summed E-state index contributed by atoms with van der Waals surface area (Å²) in [6, 6.07) is 22.9. The largest absolute Gasteiger partial charge is 0.481 e. The second-order valence-electron chi connectivity index (χ2n) is 8.08. The number of hydrogen-bond donors (Lipinski definition) is 2. The highest BCUT2D eigenvalue weighted by molar-refractivity contribution is 7.14. The van der Waals surface area contributed by atoms with Crippen molar-refractivity contribution in [3.05, 3.63) is 105 Å². The molecule has 6 nitrogen and oxygen atoms in total. The van der Waals surface area contributed by atoms with E-state index >= 15 is 0 Å². The summed E-state index contributed by atoms with van der Waals surface area (Å²) in [6.07, 6.45) is -0.115. The Hall–Kier alpha value is -3.39. The number of benzene rings is 3. The number of rotatable bonds is 10. The Kier molecular flexibility index (Phi) is 8.59. The number of halogens is 2. The van der Waals surface area contributed by atoms with Crippen LogP contribution >= 0.6 is 34.5 Å². The van der Waals surface area contributed by atoms with Gasteiger partial charge in [0.2, 0.25) is 0 Å². The maximum Gasteiger partial charge on any atom is 0.305 e. The second-order valence-corrected chi connectivity index (χ2v) is 9.73. The lowest BCUT2D eigenvalue weighted by Crippen LogP contribution is -2.26. The van der Waals surface area contributed by atoms with Gasteiger partial charge in [-0.3, -0.25) is 9.59 Å². The summed E-state index contributed by atoms with van der Waals surface area (Å²) in [4.78, 5) is 30.0. The number of carbonyl (C=O) groups excluding carboxylic acids is 1. The maximum atomic E-state index is 12.3. The summed E-state index contributed by atoms with van der Waals surface area (Å²) < 4.78 is 0. The molecule has 0 saturated heterocycles. The SMILES string of the molecule is O=C(O)CCNC(=O)c1ccc(CN(Cc2ccccc2)c2nc(-c3ccc(Cl)c(Cl)c3)cs2)cc1. The highest BCUT2D eigenvalue weighted by Crippen LogP contribution is 2.32. The quantitative estimate of drug-likeness (QED) is 0.239. The fraction of sp³-hybridized carbons (Fsp3) is 0.148. The monoisotopic (exact) mass is 539 g/mol. The Bertz CT molecular complexity index is 1340. The molecule has 0 spiro atoms. The standard InChI is InChI=1S/C27H23Cl2N3O3S/c28-22-11-10-21(14-23(22)29)24-17-36-27(31-24)32(15-18-4-2-1-3-5-18)16-19-6-8-20(9-7-19)26(35)30-13-12-25(33)34/h1-11,14,17H,12-13,15-16H2,(H,30,35)(H,33,34). The molecule has 3 aromatic carbocycles. The van der Waals surface area contributed by atoms with E-state index in [0.29, 0.717) is 28.7 Å². The normalized spacial score (nSPS) is 10.7. The molecule has 2 N–H and O–H groups in total. The maximum absolute atomic E-state index is 12.3. The lowest BCUT2D eigenvalue weighted by atomic mass is 10.1. The van der Waals surface area contributed by atoms with E-state index in [2.05, 4.69) is 22.3 Å². The van der Waals surface area contributed by atoms with Crippen molar-refractivity contribution in [2.24, 2.45) is 0 Å². The number of carbonyl (C=O) groups is 2. The van der Waals surface area contributed by atoms with Crippen molar-refractivity contribution >= 4 is 51.5 Å². The first-order valence-electron chi connectivity index (χ1n) is 11.2. The topological polar surface area (TPSA) is 82.5 Å². The van der Waals surface area contributed by atoms with Crippen LogP contribution in [0.15, 0.2) is 78.2 Å². The van der Waals surface area contributed by atoms with Gasteiger partial charge in [-0.2, -0.15) is 0 Å². The van der Waals surface area contributed by atoms with Gasteiger partial charge in [-0.1, -0.05) is 71.7 Å². The van der Waals surface area contributed by atoms with Crippen LogP contribution in [-0.4, -0.2) is 28.5 Å². The van der Waals surface area contributed by atoms with Gasteiger partial charge in [0.15, 0.2) is 5.13 Å². The van der Waals surface area contributed by atoms with E-state index in [1.54, 1.807) is 29.5 Å². The van der Waals surface area contributed by atoms with Gasteiger partial charge >= 0.3 is 5.97 Å². The van der Waals surface area contributed by atoms with Crippen LogP contribution in [0.5, 0.6) is 0 Å². The lowest BCUT2D eigenvalue weighted by molar-refractivity contribution is -0.136. The summed E-state index contributed by atoms with van der Waals surface area (Å²) in [7, 11) is 0. The first kappa shape index (κ1) is 25.7. The van der Waals surface area contributed by atoms with E-state index in [1.165, 1.54) is 0 Å². The van der Waals surface area contributed by atoms with Gasteiger partial charge in [-0.25, -0.2) is 4.98 Å². The van der Waals surface area contributed by atoms with Crippen LogP contribution in [0.1, 0.15) is 27.9 Å². The number of aliphatic carboxylic acids is 1. The fourth-order valence-corrected chi connectivity index (χ4v) is 4.69. The number of aromatic nitrogens is 1. The number of nitrogens with zero attached hydrogens (tertiary/aromatic N) is 2. The Balaban J connectivity index is 1.53. The number of anilines is 1. The van der Waals surface area contributed by atoms with Crippen LogP contribution < -0.4 is 10.2 Å². The van der Waals surface area contributed by atoms with Crippen molar-refractivity contribution < 1.29 is 14.7 Å². The van der Waals surface area contributed by atoms with Crippen LogP contribution in [0.3, 0.4) is 0 Å². The van der Waals surface area contributed by atoms with Crippen LogP contribution in [0.2, 0.25) is 10.0 Å². The molecule has 9 heteroatoms. The molecule has 0 radical (unpaired) electrons. The second kappa shape index (κ2) is 12.0. The minimum absolute atomic E-state index is 0.0893. The molecule has 0 aliphatic heterocycles. The van der Waals surface area contributed by atoms with Crippen molar-refractivity contribution in [2.45, 2.75) is 19.5 Å². The number of amides is 1. The molecule has 0 fully saturated rings. The first-order valence-corrected chi connectivity index (χ1v) is 12.8. The number of nitrogens with one attached hydrogen (secondary N) is 1.